The predicted molar refractivity (Wildman–Crippen MR) is 108 cm³/mol. The molecule has 5 heteroatoms. The topological polar surface area (TPSA) is 80.7 Å². The first-order valence-corrected chi connectivity index (χ1v) is 11.5. The van der Waals surface area contributed by atoms with Crippen LogP contribution < -0.4 is 0 Å². The molecule has 1 N–H and O–H groups in total. The van der Waals surface area contributed by atoms with E-state index >= 15 is 0 Å². The lowest BCUT2D eigenvalue weighted by Crippen LogP contribution is -2.75. The molecular formula is C25H32O5. The third kappa shape index (κ3) is 1.49. The van der Waals surface area contributed by atoms with Crippen LogP contribution >= 0.6 is 0 Å². The van der Waals surface area contributed by atoms with E-state index in [1.807, 2.05) is 6.92 Å². The third-order valence-corrected chi connectivity index (χ3v) is 11.5. The SMILES string of the molecule is CC1(C)C(=O)C=CC2(C)C1CCC13CC4(C)C(=O)C(C)(CC21)C31COC(=O)C1C4O. The van der Waals surface area contributed by atoms with Crippen LogP contribution in [0.5, 0.6) is 0 Å². The second-order valence-electron chi connectivity index (χ2n) is 12.5. The number of cyclic esters (lactones) is 1. The molecular weight excluding hydrogens is 380 g/mol. The Morgan fingerprint density at radius 2 is 1.77 bits per heavy atom. The molecule has 0 aromatic rings. The van der Waals surface area contributed by atoms with Crippen LogP contribution in [0.1, 0.15) is 60.3 Å². The van der Waals surface area contributed by atoms with Crippen molar-refractivity contribution in [2.24, 2.45) is 50.2 Å². The molecule has 5 saturated carbocycles. The van der Waals surface area contributed by atoms with Crippen LogP contribution in [0.2, 0.25) is 0 Å². The van der Waals surface area contributed by atoms with Crippen molar-refractivity contribution in [2.75, 3.05) is 6.61 Å². The monoisotopic (exact) mass is 412 g/mol. The average Bonchev–Trinajstić information content (AvgIpc) is 3.12. The van der Waals surface area contributed by atoms with E-state index < -0.39 is 33.7 Å². The van der Waals surface area contributed by atoms with Crippen LogP contribution in [-0.4, -0.2) is 35.4 Å². The number of fused-ring (bicyclic) bond motifs is 2. The van der Waals surface area contributed by atoms with Gasteiger partial charge in [0.25, 0.3) is 0 Å². The number of ether oxygens (including phenoxy) is 1. The molecule has 162 valence electrons. The second-order valence-corrected chi connectivity index (χ2v) is 12.5. The maximum absolute atomic E-state index is 13.9. The second kappa shape index (κ2) is 4.79. The van der Waals surface area contributed by atoms with E-state index in [1.54, 1.807) is 6.08 Å². The van der Waals surface area contributed by atoms with Crippen molar-refractivity contribution < 1.29 is 24.2 Å². The van der Waals surface area contributed by atoms with Crippen molar-refractivity contribution in [3.8, 4) is 0 Å². The normalized spacial score (nSPS) is 59.6. The van der Waals surface area contributed by atoms with Gasteiger partial charge >= 0.3 is 5.97 Å². The fourth-order valence-electron chi connectivity index (χ4n) is 10.4. The largest absolute Gasteiger partial charge is 0.465 e. The Bertz CT molecular complexity index is 965. The minimum Gasteiger partial charge on any atom is -0.465 e. The van der Waals surface area contributed by atoms with Gasteiger partial charge in [0.2, 0.25) is 0 Å². The van der Waals surface area contributed by atoms with E-state index in [0.717, 1.165) is 12.8 Å². The lowest BCUT2D eigenvalue weighted by Gasteiger charge is -2.70. The Kier molecular flexibility index (Phi) is 3.07. The first kappa shape index (κ1) is 19.2. The van der Waals surface area contributed by atoms with Crippen molar-refractivity contribution in [1.29, 1.82) is 0 Å². The maximum atomic E-state index is 13.9. The average molecular weight is 413 g/mol. The van der Waals surface area contributed by atoms with Gasteiger partial charge in [-0.05, 0) is 54.4 Å². The molecule has 0 radical (unpaired) electrons. The zero-order valence-electron chi connectivity index (χ0n) is 18.6. The van der Waals surface area contributed by atoms with Gasteiger partial charge in [-0.3, -0.25) is 14.4 Å². The summed E-state index contributed by atoms with van der Waals surface area (Å²) in [6.45, 7) is 10.6. The number of aliphatic hydroxyl groups excluding tert-OH is 1. The summed E-state index contributed by atoms with van der Waals surface area (Å²) in [4.78, 5) is 39.6. The molecule has 6 fully saturated rings. The van der Waals surface area contributed by atoms with Gasteiger partial charge in [-0.1, -0.05) is 40.7 Å². The van der Waals surface area contributed by atoms with Gasteiger partial charge < -0.3 is 9.84 Å². The lowest BCUT2D eigenvalue weighted by atomic mass is 9.31. The number of allylic oxidation sites excluding steroid dienone is 2. The zero-order chi connectivity index (χ0) is 21.7. The molecule has 1 aliphatic heterocycles. The highest BCUT2D eigenvalue weighted by atomic mass is 16.5. The van der Waals surface area contributed by atoms with Crippen molar-refractivity contribution in [3.05, 3.63) is 12.2 Å². The summed E-state index contributed by atoms with van der Waals surface area (Å²) in [5, 5.41) is 11.3. The number of carbonyl (C=O) groups is 3. The Morgan fingerprint density at radius 1 is 1.07 bits per heavy atom. The number of esters is 1. The Morgan fingerprint density at radius 3 is 2.47 bits per heavy atom. The Hall–Kier alpha value is -1.49. The highest BCUT2D eigenvalue weighted by Crippen LogP contribution is 2.87. The molecule has 5 nitrogen and oxygen atoms in total. The predicted octanol–water partition coefficient (Wildman–Crippen LogP) is 3.09. The molecule has 1 saturated heterocycles. The fraction of sp³-hybridized carbons (Fsp3) is 0.800. The quantitative estimate of drug-likeness (QED) is 0.619. The molecule has 0 aromatic heterocycles. The fourth-order valence-corrected chi connectivity index (χ4v) is 10.4. The molecule has 2 spiro atoms. The maximum Gasteiger partial charge on any atom is 0.312 e. The first-order chi connectivity index (χ1) is 13.8. The van der Waals surface area contributed by atoms with Gasteiger partial charge in [0.1, 0.15) is 5.78 Å². The molecule has 1 heterocycles. The van der Waals surface area contributed by atoms with Crippen molar-refractivity contribution in [2.45, 2.75) is 66.4 Å². The van der Waals surface area contributed by atoms with Crippen molar-refractivity contribution in [3.63, 3.8) is 0 Å². The van der Waals surface area contributed by atoms with Gasteiger partial charge in [-0.15, -0.1) is 0 Å². The lowest BCUT2D eigenvalue weighted by molar-refractivity contribution is -0.248. The van der Waals surface area contributed by atoms with Crippen LogP contribution in [0.3, 0.4) is 0 Å². The summed E-state index contributed by atoms with van der Waals surface area (Å²) in [5.41, 5.74) is -3.11. The van der Waals surface area contributed by atoms with Crippen molar-refractivity contribution >= 4 is 17.5 Å². The molecule has 6 aliphatic carbocycles. The summed E-state index contributed by atoms with van der Waals surface area (Å²) in [6.07, 6.45) is 6.04. The van der Waals surface area contributed by atoms with E-state index in [9.17, 15) is 19.5 Å². The summed E-state index contributed by atoms with van der Waals surface area (Å²) in [5.74, 6) is -0.246. The number of hydrogen-bond donors (Lipinski definition) is 1. The van der Waals surface area contributed by atoms with Gasteiger partial charge in [0.05, 0.1) is 24.0 Å². The summed E-state index contributed by atoms with van der Waals surface area (Å²) >= 11 is 0. The minimum absolute atomic E-state index is 0.118. The van der Waals surface area contributed by atoms with Crippen LogP contribution in [0, 0.1) is 50.2 Å². The van der Waals surface area contributed by atoms with Gasteiger partial charge in [0, 0.05) is 16.2 Å². The van der Waals surface area contributed by atoms with Crippen LogP contribution in [-0.2, 0) is 19.1 Å². The molecule has 9 atom stereocenters. The number of carbonyl (C=O) groups excluding carboxylic acids is 3. The molecule has 9 unspecified atom stereocenters. The molecule has 0 amide bonds. The number of hydrogen-bond acceptors (Lipinski definition) is 5. The number of ketones is 2. The summed E-state index contributed by atoms with van der Waals surface area (Å²) in [6, 6.07) is 0. The number of rotatable bonds is 0. The van der Waals surface area contributed by atoms with Crippen LogP contribution in [0.15, 0.2) is 12.2 Å². The highest BCUT2D eigenvalue weighted by Gasteiger charge is 2.90. The van der Waals surface area contributed by atoms with E-state index in [1.165, 1.54) is 0 Å². The molecule has 0 aromatic carbocycles. The van der Waals surface area contributed by atoms with Crippen LogP contribution in [0.25, 0.3) is 0 Å². The summed E-state index contributed by atoms with van der Waals surface area (Å²) < 4.78 is 5.68. The first-order valence-electron chi connectivity index (χ1n) is 11.5. The Labute approximate surface area is 177 Å². The smallest absolute Gasteiger partial charge is 0.312 e. The zero-order valence-corrected chi connectivity index (χ0v) is 18.6. The van der Waals surface area contributed by atoms with E-state index in [2.05, 4.69) is 33.8 Å². The van der Waals surface area contributed by atoms with Gasteiger partial charge in [-0.2, -0.15) is 0 Å². The molecule has 4 bridgehead atoms. The highest BCUT2D eigenvalue weighted by molar-refractivity contribution is 5.99. The molecule has 30 heavy (non-hydrogen) atoms. The van der Waals surface area contributed by atoms with Crippen molar-refractivity contribution in [1.82, 2.24) is 0 Å². The van der Waals surface area contributed by atoms with Crippen LogP contribution in [0.4, 0.5) is 0 Å². The van der Waals surface area contributed by atoms with E-state index in [0.29, 0.717) is 12.8 Å². The standard InChI is InChI=1S/C25H32O5/c1-20(2)13-6-9-24-11-22(4)17(27)16-18(28)30-12-25(16,24)23(5,19(22)29)10-14(24)21(13,3)8-7-15(20)26/h7-8,13-14,16-17,27H,6,9-12H2,1-5H3. The van der Waals surface area contributed by atoms with E-state index in [-0.39, 0.29) is 46.8 Å². The molecule has 7 rings (SSSR count). The van der Waals surface area contributed by atoms with Gasteiger partial charge in [-0.25, -0.2) is 0 Å². The third-order valence-electron chi connectivity index (χ3n) is 11.5. The van der Waals surface area contributed by atoms with Gasteiger partial charge in [0.15, 0.2) is 5.78 Å². The minimum atomic E-state index is -0.970. The number of aliphatic hydroxyl groups is 1. The summed E-state index contributed by atoms with van der Waals surface area (Å²) in [7, 11) is 0. The molecule has 7 aliphatic rings. The Balaban J connectivity index is 1.63. The van der Waals surface area contributed by atoms with E-state index in [4.69, 9.17) is 4.74 Å². The number of Topliss-reactive ketones (excluding diaryl/α,β-unsaturated/α-hetero) is 1.